The van der Waals surface area contributed by atoms with Crippen LogP contribution in [0.1, 0.15) is 239 Å². The van der Waals surface area contributed by atoms with Gasteiger partial charge in [-0.1, -0.05) is 207 Å². The number of esters is 2. The summed E-state index contributed by atoms with van der Waals surface area (Å²) in [6.07, 6.45) is 40.9. The average Bonchev–Trinajstić information content (AvgIpc) is 3.08. The van der Waals surface area contributed by atoms with Gasteiger partial charge in [-0.25, -0.2) is 0 Å². The van der Waals surface area contributed by atoms with Crippen molar-refractivity contribution in [2.24, 2.45) is 0 Å². The van der Waals surface area contributed by atoms with Gasteiger partial charge in [0, 0.05) is 19.4 Å². The van der Waals surface area contributed by atoms with Crippen molar-refractivity contribution in [3.05, 3.63) is 0 Å². The van der Waals surface area contributed by atoms with Gasteiger partial charge in [-0.05, 0) is 19.3 Å². The molecule has 0 saturated heterocycles. The van der Waals surface area contributed by atoms with E-state index in [4.69, 9.17) is 14.2 Å². The summed E-state index contributed by atoms with van der Waals surface area (Å²) in [7, 11) is 0. The number of carbonyl (C=O) groups excluding carboxylic acids is 2. The molecule has 0 aromatic rings. The number of hydrogen-bond donors (Lipinski definition) is 0. The van der Waals surface area contributed by atoms with Gasteiger partial charge in [0.2, 0.25) is 0 Å². The molecule has 0 aromatic carbocycles. The molecule has 0 saturated carbocycles. The third-order valence-corrected chi connectivity index (χ3v) is 9.64. The van der Waals surface area contributed by atoms with Gasteiger partial charge in [0.05, 0.1) is 6.61 Å². The summed E-state index contributed by atoms with van der Waals surface area (Å²) in [5.41, 5.74) is 0. The van der Waals surface area contributed by atoms with E-state index in [0.717, 1.165) is 32.1 Å². The van der Waals surface area contributed by atoms with Gasteiger partial charge in [-0.2, -0.15) is 0 Å². The number of rotatable bonds is 40. The Bertz CT molecular complexity index is 651. The first-order valence-corrected chi connectivity index (χ1v) is 21.6. The monoisotopic (exact) mass is 681 g/mol. The van der Waals surface area contributed by atoms with E-state index in [1.807, 2.05) is 0 Å². The Morgan fingerprint density at radius 3 is 1.06 bits per heavy atom. The Labute approximate surface area is 300 Å². The molecule has 0 aliphatic rings. The third-order valence-electron chi connectivity index (χ3n) is 9.64. The minimum absolute atomic E-state index is 0.0957. The molecule has 0 bridgehead atoms. The molecule has 0 aromatic heterocycles. The Morgan fingerprint density at radius 2 is 0.688 bits per heavy atom. The maximum atomic E-state index is 12.6. The van der Waals surface area contributed by atoms with Crippen molar-refractivity contribution in [3.8, 4) is 0 Å². The molecule has 0 aliphatic heterocycles. The lowest BCUT2D eigenvalue weighted by molar-refractivity contribution is -0.163. The van der Waals surface area contributed by atoms with Crippen molar-refractivity contribution >= 4 is 11.9 Å². The number of ether oxygens (including phenoxy) is 3. The summed E-state index contributed by atoms with van der Waals surface area (Å²) in [4.78, 5) is 25.0. The van der Waals surface area contributed by atoms with Gasteiger partial charge in [-0.15, -0.1) is 0 Å². The summed E-state index contributed by atoms with van der Waals surface area (Å²) in [6.45, 7) is 7.84. The molecule has 0 amide bonds. The molecule has 286 valence electrons. The second kappa shape index (κ2) is 40.3. The van der Waals surface area contributed by atoms with Crippen LogP contribution in [0.5, 0.6) is 0 Å². The fraction of sp³-hybridized carbons (Fsp3) is 0.953. The van der Waals surface area contributed by atoms with Crippen molar-refractivity contribution in [2.75, 3.05) is 19.8 Å². The van der Waals surface area contributed by atoms with Crippen molar-refractivity contribution in [1.82, 2.24) is 0 Å². The number of hydrogen-bond acceptors (Lipinski definition) is 5. The zero-order valence-electron chi connectivity index (χ0n) is 32.8. The standard InChI is InChI=1S/C43H84O5/c1-4-7-10-13-16-19-20-21-22-23-26-29-32-35-38-46-39-41(48-43(45)37-34-31-28-25-18-15-12-9-6-3)40-47-42(44)36-33-30-27-24-17-14-11-8-5-2/h41H,4-40H2,1-3H3. The minimum Gasteiger partial charge on any atom is -0.462 e. The SMILES string of the molecule is CCCCCCCCCCCCCCCCOCC(COC(=O)CCCCCCCCCCC)OC(=O)CCCCCCCCCCC. The minimum atomic E-state index is -0.519. The highest BCUT2D eigenvalue weighted by Crippen LogP contribution is 2.15. The summed E-state index contributed by atoms with van der Waals surface area (Å²) >= 11 is 0. The lowest BCUT2D eigenvalue weighted by Gasteiger charge is -2.18. The first-order chi connectivity index (χ1) is 23.6. The van der Waals surface area contributed by atoms with E-state index in [2.05, 4.69) is 20.8 Å². The van der Waals surface area contributed by atoms with Crippen LogP contribution in [0.15, 0.2) is 0 Å². The summed E-state index contributed by atoms with van der Waals surface area (Å²) in [5, 5.41) is 0. The van der Waals surface area contributed by atoms with Crippen LogP contribution in [-0.2, 0) is 23.8 Å². The highest BCUT2D eigenvalue weighted by molar-refractivity contribution is 5.70. The van der Waals surface area contributed by atoms with Gasteiger partial charge in [0.1, 0.15) is 6.61 Å². The highest BCUT2D eigenvalue weighted by Gasteiger charge is 2.17. The Kier molecular flexibility index (Phi) is 39.4. The Morgan fingerprint density at radius 1 is 0.375 bits per heavy atom. The van der Waals surface area contributed by atoms with Gasteiger partial charge < -0.3 is 14.2 Å². The van der Waals surface area contributed by atoms with E-state index in [1.54, 1.807) is 0 Å². The fourth-order valence-electron chi connectivity index (χ4n) is 6.39. The van der Waals surface area contributed by atoms with Crippen LogP contribution >= 0.6 is 0 Å². The van der Waals surface area contributed by atoms with Crippen molar-refractivity contribution < 1.29 is 23.8 Å². The van der Waals surface area contributed by atoms with E-state index in [1.165, 1.54) is 173 Å². The quantitative estimate of drug-likeness (QED) is 0.0476. The predicted octanol–water partition coefficient (Wildman–Crippen LogP) is 13.8. The summed E-state index contributed by atoms with van der Waals surface area (Å²) in [6, 6.07) is 0. The van der Waals surface area contributed by atoms with E-state index in [9.17, 15) is 9.59 Å². The van der Waals surface area contributed by atoms with Crippen LogP contribution < -0.4 is 0 Å². The predicted molar refractivity (Wildman–Crippen MR) is 206 cm³/mol. The zero-order chi connectivity index (χ0) is 35.0. The van der Waals surface area contributed by atoms with Crippen molar-refractivity contribution in [1.29, 1.82) is 0 Å². The second-order valence-electron chi connectivity index (χ2n) is 14.6. The third kappa shape index (κ3) is 37.7. The molecule has 0 radical (unpaired) electrons. The van der Waals surface area contributed by atoms with Gasteiger partial charge in [0.25, 0.3) is 0 Å². The van der Waals surface area contributed by atoms with Gasteiger partial charge >= 0.3 is 11.9 Å². The molecule has 0 fully saturated rings. The molecule has 1 atom stereocenters. The summed E-state index contributed by atoms with van der Waals surface area (Å²) in [5.74, 6) is -0.386. The van der Waals surface area contributed by atoms with Crippen LogP contribution in [-0.4, -0.2) is 37.9 Å². The molecule has 1 unspecified atom stereocenters. The van der Waals surface area contributed by atoms with Crippen LogP contribution in [0.2, 0.25) is 0 Å². The zero-order valence-corrected chi connectivity index (χ0v) is 32.8. The number of unbranched alkanes of at least 4 members (excludes halogenated alkanes) is 29. The molecule has 48 heavy (non-hydrogen) atoms. The molecule has 0 spiro atoms. The van der Waals surface area contributed by atoms with E-state index in [-0.39, 0.29) is 18.5 Å². The molecule has 0 rings (SSSR count). The molecular formula is C43H84O5. The average molecular weight is 681 g/mol. The highest BCUT2D eigenvalue weighted by atomic mass is 16.6. The first kappa shape index (κ1) is 46.9. The van der Waals surface area contributed by atoms with Crippen LogP contribution in [0.25, 0.3) is 0 Å². The largest absolute Gasteiger partial charge is 0.462 e. The van der Waals surface area contributed by atoms with Crippen LogP contribution in [0, 0.1) is 0 Å². The van der Waals surface area contributed by atoms with Crippen molar-refractivity contribution in [3.63, 3.8) is 0 Å². The van der Waals surface area contributed by atoms with Gasteiger partial charge in [0.15, 0.2) is 6.10 Å². The topological polar surface area (TPSA) is 61.8 Å². The fourth-order valence-corrected chi connectivity index (χ4v) is 6.39. The Balaban J connectivity index is 4.15. The summed E-state index contributed by atoms with van der Waals surface area (Å²) < 4.78 is 17.2. The molecule has 5 heteroatoms. The van der Waals surface area contributed by atoms with Crippen LogP contribution in [0.3, 0.4) is 0 Å². The molecule has 0 N–H and O–H groups in total. The van der Waals surface area contributed by atoms with Gasteiger partial charge in [-0.3, -0.25) is 9.59 Å². The van der Waals surface area contributed by atoms with Crippen molar-refractivity contribution in [2.45, 2.75) is 245 Å². The lowest BCUT2D eigenvalue weighted by atomic mass is 10.0. The van der Waals surface area contributed by atoms with E-state index >= 15 is 0 Å². The van der Waals surface area contributed by atoms with Crippen LogP contribution in [0.4, 0.5) is 0 Å². The number of carbonyl (C=O) groups is 2. The normalized spacial score (nSPS) is 12.0. The lowest BCUT2D eigenvalue weighted by Crippen LogP contribution is -2.30. The molecule has 0 heterocycles. The maximum Gasteiger partial charge on any atom is 0.306 e. The molecular weight excluding hydrogens is 596 g/mol. The first-order valence-electron chi connectivity index (χ1n) is 21.6. The van der Waals surface area contributed by atoms with E-state index < -0.39 is 6.10 Å². The van der Waals surface area contributed by atoms with E-state index in [0.29, 0.717) is 26.1 Å². The smallest absolute Gasteiger partial charge is 0.306 e. The molecule has 5 nitrogen and oxygen atoms in total. The molecule has 0 aliphatic carbocycles. The maximum absolute atomic E-state index is 12.6. The Hall–Kier alpha value is -1.10. The second-order valence-corrected chi connectivity index (χ2v) is 14.6.